The molecule has 6 heteroatoms. The quantitative estimate of drug-likeness (QED) is 0.917. The van der Waals surface area contributed by atoms with Crippen molar-refractivity contribution in [3.8, 4) is 0 Å². The molecule has 0 bridgehead atoms. The highest BCUT2D eigenvalue weighted by Gasteiger charge is 2.14. The van der Waals surface area contributed by atoms with Crippen LogP contribution in [0.1, 0.15) is 60.2 Å². The Kier molecular flexibility index (Phi) is 4.69. The molecule has 2 aromatic rings. The number of aryl methyl sites for hydroxylation is 2. The molecule has 0 fully saturated rings. The Morgan fingerprint density at radius 2 is 2.17 bits per heavy atom. The van der Waals surface area contributed by atoms with E-state index in [0.717, 1.165) is 24.4 Å². The summed E-state index contributed by atoms with van der Waals surface area (Å²) >= 11 is 0. The number of carbonyl (C=O) groups excluding carboxylic acids is 1. The molecule has 0 unspecified atom stereocenters. The molecule has 0 saturated carbocycles. The molecule has 0 radical (unpaired) electrons. The predicted octanol–water partition coefficient (Wildman–Crippen LogP) is 2.11. The third-order valence-corrected chi connectivity index (χ3v) is 4.27. The average Bonchev–Trinajstić information content (AvgIpc) is 3.03. The van der Waals surface area contributed by atoms with Crippen molar-refractivity contribution < 1.29 is 4.79 Å². The molecule has 2 aromatic heterocycles. The number of pyridine rings is 1. The van der Waals surface area contributed by atoms with E-state index in [0.29, 0.717) is 24.6 Å². The third kappa shape index (κ3) is 3.57. The molecule has 1 aliphatic rings. The molecule has 1 aliphatic carbocycles. The third-order valence-electron chi connectivity index (χ3n) is 4.27. The first kappa shape index (κ1) is 15.6. The second kappa shape index (κ2) is 6.89. The number of amides is 1. The number of aromatic nitrogens is 4. The van der Waals surface area contributed by atoms with Crippen LogP contribution in [0, 0.1) is 0 Å². The van der Waals surface area contributed by atoms with Gasteiger partial charge in [0.1, 0.15) is 12.2 Å². The van der Waals surface area contributed by atoms with Crippen molar-refractivity contribution in [2.45, 2.75) is 52.0 Å². The van der Waals surface area contributed by atoms with Gasteiger partial charge in [-0.25, -0.2) is 0 Å². The van der Waals surface area contributed by atoms with Gasteiger partial charge in [-0.1, -0.05) is 0 Å². The average molecular weight is 313 g/mol. The molecule has 0 saturated heterocycles. The van der Waals surface area contributed by atoms with Gasteiger partial charge >= 0.3 is 0 Å². The molecule has 0 atom stereocenters. The Morgan fingerprint density at radius 1 is 1.35 bits per heavy atom. The van der Waals surface area contributed by atoms with Crippen molar-refractivity contribution in [3.05, 3.63) is 41.2 Å². The Hall–Kier alpha value is -2.24. The maximum Gasteiger partial charge on any atom is 0.252 e. The van der Waals surface area contributed by atoms with Gasteiger partial charge in [0.15, 0.2) is 0 Å². The normalized spacial score (nSPS) is 13.9. The maximum atomic E-state index is 12.3. The highest BCUT2D eigenvalue weighted by molar-refractivity contribution is 5.94. The molecule has 1 N–H and O–H groups in total. The van der Waals surface area contributed by atoms with E-state index in [1.54, 1.807) is 12.5 Å². The fourth-order valence-corrected chi connectivity index (χ4v) is 2.98. The topological polar surface area (TPSA) is 72.7 Å². The smallest absolute Gasteiger partial charge is 0.252 e. The van der Waals surface area contributed by atoms with Crippen molar-refractivity contribution in [2.75, 3.05) is 6.54 Å². The lowest BCUT2D eigenvalue weighted by Crippen LogP contribution is -2.27. The standard InChI is InChI=1S/C17H23N5O/c1-12(2)22-11-20-21-16(22)7-8-18-17(23)14-9-13-5-3-4-6-15(13)19-10-14/h9-12H,3-8H2,1-2H3,(H,18,23). The van der Waals surface area contributed by atoms with Gasteiger partial charge < -0.3 is 9.88 Å². The van der Waals surface area contributed by atoms with Crippen LogP contribution in [0.3, 0.4) is 0 Å². The number of nitrogens with one attached hydrogen (secondary N) is 1. The first-order valence-corrected chi connectivity index (χ1v) is 8.29. The summed E-state index contributed by atoms with van der Waals surface area (Å²) in [5, 5.41) is 11.0. The predicted molar refractivity (Wildman–Crippen MR) is 87.3 cm³/mol. The molecule has 0 spiro atoms. The van der Waals surface area contributed by atoms with Crippen LogP contribution in [-0.4, -0.2) is 32.2 Å². The van der Waals surface area contributed by atoms with Crippen LogP contribution in [0.2, 0.25) is 0 Å². The summed E-state index contributed by atoms with van der Waals surface area (Å²) < 4.78 is 2.02. The van der Waals surface area contributed by atoms with Crippen LogP contribution in [0.15, 0.2) is 18.6 Å². The first-order valence-electron chi connectivity index (χ1n) is 8.29. The summed E-state index contributed by atoms with van der Waals surface area (Å²) in [5.74, 6) is 0.824. The zero-order chi connectivity index (χ0) is 16.2. The largest absolute Gasteiger partial charge is 0.352 e. The number of hydrogen-bond donors (Lipinski definition) is 1. The monoisotopic (exact) mass is 313 g/mol. The minimum Gasteiger partial charge on any atom is -0.352 e. The zero-order valence-corrected chi connectivity index (χ0v) is 13.7. The van der Waals surface area contributed by atoms with Gasteiger partial charge in [-0.2, -0.15) is 0 Å². The van der Waals surface area contributed by atoms with E-state index >= 15 is 0 Å². The Balaban J connectivity index is 1.58. The van der Waals surface area contributed by atoms with Gasteiger partial charge in [0.25, 0.3) is 5.91 Å². The molecular formula is C17H23N5O. The number of nitrogens with zero attached hydrogens (tertiary/aromatic N) is 4. The lowest BCUT2D eigenvalue weighted by Gasteiger charge is -2.15. The van der Waals surface area contributed by atoms with E-state index in [2.05, 4.69) is 34.3 Å². The lowest BCUT2D eigenvalue weighted by atomic mass is 9.95. The molecule has 3 rings (SSSR count). The fraction of sp³-hybridized carbons (Fsp3) is 0.529. The van der Waals surface area contributed by atoms with E-state index in [-0.39, 0.29) is 5.91 Å². The summed E-state index contributed by atoms with van der Waals surface area (Å²) in [6, 6.07) is 2.31. The van der Waals surface area contributed by atoms with Crippen LogP contribution in [0.25, 0.3) is 0 Å². The van der Waals surface area contributed by atoms with Gasteiger partial charge in [-0.3, -0.25) is 9.78 Å². The second-order valence-electron chi connectivity index (χ2n) is 6.29. The Labute approximate surface area is 136 Å². The first-order chi connectivity index (χ1) is 11.1. The van der Waals surface area contributed by atoms with Crippen molar-refractivity contribution in [1.82, 2.24) is 25.1 Å². The van der Waals surface area contributed by atoms with Crippen LogP contribution in [0.5, 0.6) is 0 Å². The molecule has 0 aliphatic heterocycles. The number of carbonyl (C=O) groups is 1. The molecule has 6 nitrogen and oxygen atoms in total. The van der Waals surface area contributed by atoms with Crippen LogP contribution >= 0.6 is 0 Å². The summed E-state index contributed by atoms with van der Waals surface area (Å²) in [6.07, 6.45) is 8.53. The highest BCUT2D eigenvalue weighted by Crippen LogP contribution is 2.19. The number of fused-ring (bicyclic) bond motifs is 1. The minimum absolute atomic E-state index is 0.0681. The van der Waals surface area contributed by atoms with E-state index in [1.807, 2.05) is 10.6 Å². The molecule has 23 heavy (non-hydrogen) atoms. The number of hydrogen-bond acceptors (Lipinski definition) is 4. The van der Waals surface area contributed by atoms with E-state index in [4.69, 9.17) is 0 Å². The van der Waals surface area contributed by atoms with Crippen molar-refractivity contribution >= 4 is 5.91 Å². The number of rotatable bonds is 5. The molecular weight excluding hydrogens is 290 g/mol. The van der Waals surface area contributed by atoms with Crippen molar-refractivity contribution in [1.29, 1.82) is 0 Å². The van der Waals surface area contributed by atoms with Crippen molar-refractivity contribution in [3.63, 3.8) is 0 Å². The van der Waals surface area contributed by atoms with Crippen LogP contribution in [-0.2, 0) is 19.3 Å². The zero-order valence-electron chi connectivity index (χ0n) is 13.7. The lowest BCUT2D eigenvalue weighted by molar-refractivity contribution is 0.0953. The van der Waals surface area contributed by atoms with Gasteiger partial charge in [0.2, 0.25) is 0 Å². The molecule has 1 amide bonds. The van der Waals surface area contributed by atoms with Gasteiger partial charge in [-0.05, 0) is 51.2 Å². The van der Waals surface area contributed by atoms with Gasteiger partial charge in [0.05, 0.1) is 5.56 Å². The summed E-state index contributed by atoms with van der Waals surface area (Å²) in [4.78, 5) is 16.7. The van der Waals surface area contributed by atoms with E-state index in [1.165, 1.54) is 18.4 Å². The summed E-state index contributed by atoms with van der Waals surface area (Å²) in [7, 11) is 0. The van der Waals surface area contributed by atoms with E-state index < -0.39 is 0 Å². The van der Waals surface area contributed by atoms with Gasteiger partial charge in [-0.15, -0.1) is 10.2 Å². The Morgan fingerprint density at radius 3 is 3.00 bits per heavy atom. The molecule has 0 aromatic carbocycles. The Bertz CT molecular complexity index is 692. The SMILES string of the molecule is CC(C)n1cnnc1CCNC(=O)c1cnc2c(c1)CCCC2. The van der Waals surface area contributed by atoms with Crippen molar-refractivity contribution in [2.24, 2.45) is 0 Å². The van der Waals surface area contributed by atoms with E-state index in [9.17, 15) is 4.79 Å². The highest BCUT2D eigenvalue weighted by atomic mass is 16.1. The minimum atomic E-state index is -0.0681. The summed E-state index contributed by atoms with van der Waals surface area (Å²) in [5.41, 5.74) is 3.03. The van der Waals surface area contributed by atoms with Crippen LogP contribution < -0.4 is 5.32 Å². The van der Waals surface area contributed by atoms with Crippen LogP contribution in [0.4, 0.5) is 0 Å². The fourth-order valence-electron chi connectivity index (χ4n) is 2.98. The second-order valence-corrected chi connectivity index (χ2v) is 6.29. The van der Waals surface area contributed by atoms with Gasteiger partial charge in [0, 0.05) is 30.9 Å². The molecule has 122 valence electrons. The summed E-state index contributed by atoms with van der Waals surface area (Å²) in [6.45, 7) is 4.72. The molecule has 2 heterocycles. The maximum absolute atomic E-state index is 12.3.